The predicted octanol–water partition coefficient (Wildman–Crippen LogP) is 1.32. The van der Waals surface area contributed by atoms with Crippen LogP contribution in [0.4, 0.5) is 0 Å². The molecule has 4 rings (SSSR count). The Bertz CT molecular complexity index is 1040. The van der Waals surface area contributed by atoms with E-state index in [9.17, 15) is 8.42 Å². The summed E-state index contributed by atoms with van der Waals surface area (Å²) < 4.78 is 39.1. The van der Waals surface area contributed by atoms with Gasteiger partial charge in [0.15, 0.2) is 11.5 Å². The zero-order valence-electron chi connectivity index (χ0n) is 14.3. The molecule has 3 aromatic rings. The van der Waals surface area contributed by atoms with Crippen LogP contribution in [0.1, 0.15) is 17.1 Å². The number of sulfonamides is 1. The molecule has 0 fully saturated rings. The van der Waals surface area contributed by atoms with Crippen molar-refractivity contribution in [3.8, 4) is 11.6 Å². The van der Waals surface area contributed by atoms with Crippen molar-refractivity contribution in [1.82, 2.24) is 24.2 Å². The van der Waals surface area contributed by atoms with E-state index in [1.165, 1.54) is 4.31 Å². The van der Waals surface area contributed by atoms with E-state index >= 15 is 0 Å². The first kappa shape index (κ1) is 16.9. The Balaban J connectivity index is 1.67. The fourth-order valence-electron chi connectivity index (χ4n) is 2.99. The largest absolute Gasteiger partial charge is 0.377 e. The van der Waals surface area contributed by atoms with E-state index in [1.807, 2.05) is 0 Å². The monoisotopic (exact) mass is 375 g/mol. The quantitative estimate of drug-likeness (QED) is 0.662. The second-order valence-corrected chi connectivity index (χ2v) is 7.87. The van der Waals surface area contributed by atoms with E-state index in [0.29, 0.717) is 11.5 Å². The number of nitrogens with zero attached hydrogens (tertiary/aromatic N) is 5. The number of aryl methyl sites for hydroxylation is 1. The van der Waals surface area contributed by atoms with Gasteiger partial charge in [0.25, 0.3) is 5.89 Å². The lowest BCUT2D eigenvalue weighted by molar-refractivity contribution is 0.174. The topological polar surface area (TPSA) is 103 Å². The predicted molar refractivity (Wildman–Crippen MR) is 90.1 cm³/mol. The summed E-state index contributed by atoms with van der Waals surface area (Å²) in [5.41, 5.74) is 2.09. The Morgan fingerprint density at radius 1 is 1.23 bits per heavy atom. The zero-order valence-corrected chi connectivity index (χ0v) is 15.1. The van der Waals surface area contributed by atoms with Crippen LogP contribution in [-0.4, -0.2) is 39.8 Å². The summed E-state index contributed by atoms with van der Waals surface area (Å²) in [6.45, 7) is 0.680. The van der Waals surface area contributed by atoms with Gasteiger partial charge in [0.2, 0.25) is 10.0 Å². The molecule has 0 radical (unpaired) electrons. The van der Waals surface area contributed by atoms with Gasteiger partial charge >= 0.3 is 0 Å². The third kappa shape index (κ3) is 2.71. The molecule has 0 unspecified atom stereocenters. The van der Waals surface area contributed by atoms with Gasteiger partial charge in [-0.15, -0.1) is 0 Å². The summed E-state index contributed by atoms with van der Waals surface area (Å²) in [5.74, 6) is 0.668. The molecular formula is C16H17N5O4S. The Morgan fingerprint density at radius 3 is 2.73 bits per heavy atom. The molecular weight excluding hydrogens is 358 g/mol. The average Bonchev–Trinajstić information content (AvgIpc) is 3.33. The fourth-order valence-corrected chi connectivity index (χ4v) is 4.38. The molecule has 1 aliphatic rings. The van der Waals surface area contributed by atoms with Crippen molar-refractivity contribution in [3.05, 3.63) is 47.4 Å². The standard InChI is InChI=1S/C16H17N5O4S/c1-20-13-9-21(26(22,23)11-6-4-3-5-7-11)8-12(13)15(18-20)16-17-14(10-24-2)19-25-16/h3-7H,8-10H2,1-2H3. The van der Waals surface area contributed by atoms with Crippen molar-refractivity contribution in [2.24, 2.45) is 7.05 Å². The van der Waals surface area contributed by atoms with Crippen molar-refractivity contribution in [1.29, 1.82) is 0 Å². The van der Waals surface area contributed by atoms with Gasteiger partial charge in [0.05, 0.1) is 17.1 Å². The zero-order chi connectivity index (χ0) is 18.3. The van der Waals surface area contributed by atoms with Gasteiger partial charge in [-0.25, -0.2) is 8.42 Å². The maximum Gasteiger partial charge on any atom is 0.278 e. The van der Waals surface area contributed by atoms with Crippen molar-refractivity contribution in [2.75, 3.05) is 7.11 Å². The van der Waals surface area contributed by atoms with Crippen LogP contribution in [0.5, 0.6) is 0 Å². The fraction of sp³-hybridized carbons (Fsp3) is 0.312. The van der Waals surface area contributed by atoms with Crippen molar-refractivity contribution < 1.29 is 17.7 Å². The molecule has 9 nitrogen and oxygen atoms in total. The summed E-state index contributed by atoms with van der Waals surface area (Å²) in [4.78, 5) is 4.53. The second-order valence-electron chi connectivity index (χ2n) is 5.93. The highest BCUT2D eigenvalue weighted by Crippen LogP contribution is 2.34. The van der Waals surface area contributed by atoms with Crippen LogP contribution in [0.3, 0.4) is 0 Å². The molecule has 3 heterocycles. The van der Waals surface area contributed by atoms with E-state index in [4.69, 9.17) is 9.26 Å². The Labute approximate surface area is 150 Å². The van der Waals surface area contributed by atoms with Gasteiger partial charge in [0.1, 0.15) is 6.61 Å². The second kappa shape index (κ2) is 6.31. The first-order chi connectivity index (χ1) is 12.5. The van der Waals surface area contributed by atoms with Gasteiger partial charge < -0.3 is 9.26 Å². The highest BCUT2D eigenvalue weighted by molar-refractivity contribution is 7.89. The SMILES string of the molecule is COCc1noc(-c2nn(C)c3c2CN(S(=O)(=O)c2ccccc2)C3)n1. The first-order valence-electron chi connectivity index (χ1n) is 7.92. The minimum Gasteiger partial charge on any atom is -0.377 e. The van der Waals surface area contributed by atoms with Crippen LogP contribution < -0.4 is 0 Å². The highest BCUT2D eigenvalue weighted by atomic mass is 32.2. The van der Waals surface area contributed by atoms with Crippen LogP contribution in [0.15, 0.2) is 39.8 Å². The lowest BCUT2D eigenvalue weighted by atomic mass is 10.2. The maximum absolute atomic E-state index is 12.9. The maximum atomic E-state index is 12.9. The third-order valence-corrected chi connectivity index (χ3v) is 6.07. The number of fused-ring (bicyclic) bond motifs is 1. The number of hydrogen-bond acceptors (Lipinski definition) is 7. The number of hydrogen-bond donors (Lipinski definition) is 0. The number of rotatable bonds is 5. The lowest BCUT2D eigenvalue weighted by Gasteiger charge is -2.16. The summed E-state index contributed by atoms with van der Waals surface area (Å²) in [7, 11) is -0.276. The molecule has 10 heteroatoms. The smallest absolute Gasteiger partial charge is 0.278 e. The van der Waals surface area contributed by atoms with Crippen molar-refractivity contribution in [3.63, 3.8) is 0 Å². The van der Waals surface area contributed by atoms with E-state index < -0.39 is 10.0 Å². The highest BCUT2D eigenvalue weighted by Gasteiger charge is 2.36. The molecule has 0 amide bonds. The molecule has 0 saturated heterocycles. The van der Waals surface area contributed by atoms with Crippen LogP contribution >= 0.6 is 0 Å². The Hall–Kier alpha value is -2.56. The molecule has 0 atom stereocenters. The minimum atomic E-state index is -3.59. The number of ether oxygens (including phenoxy) is 1. The summed E-state index contributed by atoms with van der Waals surface area (Å²) in [5, 5.41) is 8.26. The normalized spacial score (nSPS) is 14.7. The number of benzene rings is 1. The van der Waals surface area contributed by atoms with Gasteiger partial charge in [-0.2, -0.15) is 14.4 Å². The molecule has 0 spiro atoms. The molecule has 1 aliphatic heterocycles. The van der Waals surface area contributed by atoms with E-state index in [2.05, 4.69) is 15.2 Å². The van der Waals surface area contributed by atoms with Crippen LogP contribution in [0, 0.1) is 0 Å². The van der Waals surface area contributed by atoms with E-state index in [1.54, 1.807) is 49.2 Å². The lowest BCUT2D eigenvalue weighted by Crippen LogP contribution is -2.26. The molecule has 136 valence electrons. The van der Waals surface area contributed by atoms with E-state index in [-0.39, 0.29) is 30.5 Å². The van der Waals surface area contributed by atoms with E-state index in [0.717, 1.165) is 11.3 Å². The summed E-state index contributed by atoms with van der Waals surface area (Å²) in [6.07, 6.45) is 0. The number of methoxy groups -OCH3 is 1. The minimum absolute atomic E-state index is 0.206. The first-order valence-corrected chi connectivity index (χ1v) is 9.36. The van der Waals surface area contributed by atoms with Crippen molar-refractivity contribution in [2.45, 2.75) is 24.6 Å². The molecule has 0 aliphatic carbocycles. The molecule has 1 aromatic carbocycles. The van der Waals surface area contributed by atoms with Crippen LogP contribution in [-0.2, 0) is 41.5 Å². The molecule has 0 bridgehead atoms. The third-order valence-electron chi connectivity index (χ3n) is 4.26. The average molecular weight is 375 g/mol. The van der Waals surface area contributed by atoms with Crippen LogP contribution in [0.25, 0.3) is 11.6 Å². The van der Waals surface area contributed by atoms with Gasteiger partial charge in [-0.3, -0.25) is 4.68 Å². The molecule has 0 saturated carbocycles. The summed E-state index contributed by atoms with van der Waals surface area (Å²) in [6, 6.07) is 8.38. The van der Waals surface area contributed by atoms with Gasteiger partial charge in [0, 0.05) is 26.3 Å². The Kier molecular flexibility index (Phi) is 4.10. The Morgan fingerprint density at radius 2 is 2.00 bits per heavy atom. The molecule has 2 aromatic heterocycles. The molecule has 0 N–H and O–H groups in total. The summed E-state index contributed by atoms with van der Waals surface area (Å²) >= 11 is 0. The molecule has 26 heavy (non-hydrogen) atoms. The number of aromatic nitrogens is 4. The van der Waals surface area contributed by atoms with Gasteiger partial charge in [-0.1, -0.05) is 23.4 Å². The van der Waals surface area contributed by atoms with Gasteiger partial charge in [-0.05, 0) is 12.1 Å². The van der Waals surface area contributed by atoms with Crippen LogP contribution in [0.2, 0.25) is 0 Å². The van der Waals surface area contributed by atoms with Crippen molar-refractivity contribution >= 4 is 10.0 Å².